The largest absolute Gasteiger partial charge is 0.383 e. The number of sulfonamides is 1. The van der Waals surface area contributed by atoms with E-state index in [0.717, 1.165) is 12.8 Å². The minimum absolute atomic E-state index is 0.102. The summed E-state index contributed by atoms with van der Waals surface area (Å²) in [6.45, 7) is 6.62. The number of rotatable bonds is 8. The second-order valence-electron chi connectivity index (χ2n) is 3.47. The maximum absolute atomic E-state index is 11.8. The number of nitrogens with zero attached hydrogens (tertiary/aromatic N) is 1. The van der Waals surface area contributed by atoms with Crippen LogP contribution in [0.4, 0.5) is 0 Å². The van der Waals surface area contributed by atoms with Gasteiger partial charge >= 0.3 is 0 Å². The average molecular weight is 237 g/mol. The lowest BCUT2D eigenvalue weighted by Crippen LogP contribution is -2.42. The van der Waals surface area contributed by atoms with Crippen LogP contribution in [0, 0.1) is 0 Å². The predicted molar refractivity (Wildman–Crippen MR) is 62.4 cm³/mol. The third-order valence-corrected chi connectivity index (χ3v) is 4.51. The first-order chi connectivity index (χ1) is 7.03. The van der Waals surface area contributed by atoms with Crippen LogP contribution in [-0.4, -0.2) is 44.8 Å². The molecule has 0 amide bonds. The van der Waals surface area contributed by atoms with Gasteiger partial charge in [0.15, 0.2) is 0 Å². The number of methoxy groups -OCH3 is 1. The number of hydrogen-bond donors (Lipinski definition) is 0. The predicted octanol–water partition coefficient (Wildman–Crippen LogP) is 1.47. The van der Waals surface area contributed by atoms with Gasteiger partial charge in [-0.15, -0.1) is 0 Å². The van der Waals surface area contributed by atoms with E-state index in [4.69, 9.17) is 4.74 Å². The second-order valence-corrected chi connectivity index (χ2v) is 5.68. The Balaban J connectivity index is 4.71. The van der Waals surface area contributed by atoms with Crippen LogP contribution in [-0.2, 0) is 14.8 Å². The summed E-state index contributed by atoms with van der Waals surface area (Å²) in [4.78, 5) is 0. The van der Waals surface area contributed by atoms with Crippen molar-refractivity contribution in [2.24, 2.45) is 0 Å². The van der Waals surface area contributed by atoms with E-state index in [9.17, 15) is 8.42 Å². The van der Waals surface area contributed by atoms with Crippen LogP contribution in [0.25, 0.3) is 0 Å². The van der Waals surface area contributed by atoms with Gasteiger partial charge in [0, 0.05) is 19.7 Å². The van der Waals surface area contributed by atoms with E-state index in [2.05, 4.69) is 0 Å². The van der Waals surface area contributed by atoms with Crippen LogP contribution < -0.4 is 0 Å². The molecule has 0 rings (SSSR count). The zero-order valence-corrected chi connectivity index (χ0v) is 11.0. The lowest BCUT2D eigenvalue weighted by atomic mass is 10.2. The van der Waals surface area contributed by atoms with Crippen molar-refractivity contribution in [1.29, 1.82) is 0 Å². The van der Waals surface area contributed by atoms with Gasteiger partial charge in [0.05, 0.1) is 12.4 Å². The summed E-state index contributed by atoms with van der Waals surface area (Å²) >= 11 is 0. The second kappa shape index (κ2) is 7.19. The fourth-order valence-corrected chi connectivity index (χ4v) is 3.03. The minimum Gasteiger partial charge on any atom is -0.383 e. The maximum Gasteiger partial charge on any atom is 0.214 e. The van der Waals surface area contributed by atoms with Crippen LogP contribution in [0.1, 0.15) is 33.6 Å². The molecule has 0 heterocycles. The molecular weight excluding hydrogens is 214 g/mol. The van der Waals surface area contributed by atoms with Crippen molar-refractivity contribution in [1.82, 2.24) is 4.31 Å². The molecule has 0 N–H and O–H groups in total. The minimum atomic E-state index is -3.10. The Morgan fingerprint density at radius 2 is 1.73 bits per heavy atom. The molecule has 0 aromatic rings. The van der Waals surface area contributed by atoms with Gasteiger partial charge in [-0.2, -0.15) is 4.31 Å². The highest BCUT2D eigenvalue weighted by Gasteiger charge is 2.25. The van der Waals surface area contributed by atoms with E-state index in [0.29, 0.717) is 13.2 Å². The van der Waals surface area contributed by atoms with Crippen LogP contribution in [0.2, 0.25) is 0 Å². The zero-order chi connectivity index (χ0) is 11.9. The van der Waals surface area contributed by atoms with Crippen LogP contribution in [0.15, 0.2) is 0 Å². The van der Waals surface area contributed by atoms with Crippen molar-refractivity contribution in [3.05, 3.63) is 0 Å². The molecule has 0 aliphatic carbocycles. The van der Waals surface area contributed by atoms with Gasteiger partial charge in [-0.05, 0) is 19.8 Å². The van der Waals surface area contributed by atoms with Gasteiger partial charge in [-0.25, -0.2) is 8.42 Å². The monoisotopic (exact) mass is 237 g/mol. The quantitative estimate of drug-likeness (QED) is 0.642. The Kier molecular flexibility index (Phi) is 7.13. The molecule has 0 spiro atoms. The van der Waals surface area contributed by atoms with E-state index >= 15 is 0 Å². The van der Waals surface area contributed by atoms with Crippen molar-refractivity contribution >= 4 is 10.0 Å². The molecule has 92 valence electrons. The topological polar surface area (TPSA) is 46.6 Å². The van der Waals surface area contributed by atoms with E-state index < -0.39 is 10.0 Å². The molecule has 0 aromatic carbocycles. The summed E-state index contributed by atoms with van der Waals surface area (Å²) in [5.74, 6) is 0.160. The Hall–Kier alpha value is -0.130. The smallest absolute Gasteiger partial charge is 0.214 e. The van der Waals surface area contributed by atoms with Gasteiger partial charge in [-0.3, -0.25) is 0 Å². The molecule has 0 aliphatic rings. The first kappa shape index (κ1) is 14.9. The Morgan fingerprint density at radius 1 is 1.20 bits per heavy atom. The summed E-state index contributed by atoms with van der Waals surface area (Å²) in [6, 6.07) is 0.102. The maximum atomic E-state index is 11.8. The van der Waals surface area contributed by atoms with Crippen molar-refractivity contribution in [3.63, 3.8) is 0 Å². The molecular formula is C10H23NO3S. The molecule has 0 saturated heterocycles. The third-order valence-electron chi connectivity index (χ3n) is 2.59. The molecule has 5 heteroatoms. The van der Waals surface area contributed by atoms with Crippen LogP contribution >= 0.6 is 0 Å². The van der Waals surface area contributed by atoms with E-state index in [1.54, 1.807) is 18.3 Å². The number of ether oxygens (including phenoxy) is 1. The molecule has 0 bridgehead atoms. The molecule has 4 nitrogen and oxygen atoms in total. The summed E-state index contributed by atoms with van der Waals surface area (Å²) < 4.78 is 30.2. The standard InChI is InChI=1S/C10H23NO3S/c1-5-10(6-2)11(8-9-14-4)15(12,13)7-3/h10H,5-9H2,1-4H3. The van der Waals surface area contributed by atoms with Crippen LogP contribution in [0.5, 0.6) is 0 Å². The van der Waals surface area contributed by atoms with Crippen molar-refractivity contribution in [2.75, 3.05) is 26.0 Å². The third kappa shape index (κ3) is 4.49. The first-order valence-electron chi connectivity index (χ1n) is 5.51. The van der Waals surface area contributed by atoms with E-state index in [1.807, 2.05) is 13.8 Å². The summed E-state index contributed by atoms with van der Waals surface area (Å²) in [7, 11) is -1.52. The fourth-order valence-electron chi connectivity index (χ4n) is 1.59. The summed E-state index contributed by atoms with van der Waals surface area (Å²) in [5, 5.41) is 0. The van der Waals surface area contributed by atoms with Crippen molar-refractivity contribution in [2.45, 2.75) is 39.7 Å². The normalized spacial score (nSPS) is 12.7. The molecule has 0 aromatic heterocycles. The molecule has 0 radical (unpaired) electrons. The Bertz CT molecular complexity index is 247. The molecule has 0 fully saturated rings. The average Bonchev–Trinajstić information content (AvgIpc) is 2.24. The first-order valence-corrected chi connectivity index (χ1v) is 7.12. The van der Waals surface area contributed by atoms with E-state index in [1.165, 1.54) is 0 Å². The van der Waals surface area contributed by atoms with Crippen molar-refractivity contribution < 1.29 is 13.2 Å². The molecule has 0 saturated carbocycles. The highest BCUT2D eigenvalue weighted by atomic mass is 32.2. The lowest BCUT2D eigenvalue weighted by molar-refractivity contribution is 0.163. The van der Waals surface area contributed by atoms with Gasteiger partial charge in [-0.1, -0.05) is 13.8 Å². The van der Waals surface area contributed by atoms with Gasteiger partial charge in [0.2, 0.25) is 10.0 Å². The van der Waals surface area contributed by atoms with Gasteiger partial charge in [0.1, 0.15) is 0 Å². The highest BCUT2D eigenvalue weighted by molar-refractivity contribution is 7.89. The highest BCUT2D eigenvalue weighted by Crippen LogP contribution is 2.13. The van der Waals surface area contributed by atoms with Crippen molar-refractivity contribution in [3.8, 4) is 0 Å². The Labute approximate surface area is 93.7 Å². The van der Waals surface area contributed by atoms with E-state index in [-0.39, 0.29) is 11.8 Å². The molecule has 0 aliphatic heterocycles. The zero-order valence-electron chi connectivity index (χ0n) is 10.2. The van der Waals surface area contributed by atoms with Gasteiger partial charge < -0.3 is 4.74 Å². The fraction of sp³-hybridized carbons (Fsp3) is 1.00. The van der Waals surface area contributed by atoms with Crippen LogP contribution in [0.3, 0.4) is 0 Å². The van der Waals surface area contributed by atoms with Gasteiger partial charge in [0.25, 0.3) is 0 Å². The lowest BCUT2D eigenvalue weighted by Gasteiger charge is -2.28. The molecule has 15 heavy (non-hydrogen) atoms. The molecule has 0 unspecified atom stereocenters. The summed E-state index contributed by atoms with van der Waals surface area (Å²) in [6.07, 6.45) is 1.69. The Morgan fingerprint density at radius 3 is 2.07 bits per heavy atom. The summed E-state index contributed by atoms with van der Waals surface area (Å²) in [5.41, 5.74) is 0. The number of hydrogen-bond acceptors (Lipinski definition) is 3. The SMILES string of the molecule is CCC(CC)N(CCOC)S(=O)(=O)CC. The molecule has 0 atom stereocenters.